The number of carboxylic acids is 1. The van der Waals surface area contributed by atoms with Crippen LogP contribution in [0.15, 0.2) is 0 Å². The molecule has 1 heterocycles. The number of nitrogens with one attached hydrogen (secondary N) is 1. The van der Waals surface area contributed by atoms with Crippen molar-refractivity contribution in [3.05, 3.63) is 0 Å². The first kappa shape index (κ1) is 14.9. The molecule has 0 aromatic carbocycles. The van der Waals surface area contributed by atoms with Gasteiger partial charge < -0.3 is 19.9 Å². The third-order valence-corrected chi connectivity index (χ3v) is 3.21. The molecule has 0 atom stereocenters. The van der Waals surface area contributed by atoms with Crippen molar-refractivity contribution in [3.8, 4) is 0 Å². The van der Waals surface area contributed by atoms with Crippen LogP contribution in [-0.4, -0.2) is 50.0 Å². The fraction of sp³-hybridized carbons (Fsp3) is 0.833. The molecule has 0 unspecified atom stereocenters. The zero-order chi connectivity index (χ0) is 13.4. The molecule has 0 aliphatic carbocycles. The number of rotatable bonds is 7. The van der Waals surface area contributed by atoms with Crippen molar-refractivity contribution in [1.29, 1.82) is 0 Å². The van der Waals surface area contributed by atoms with Crippen LogP contribution in [0.25, 0.3) is 0 Å². The van der Waals surface area contributed by atoms with E-state index in [2.05, 4.69) is 5.32 Å². The Hall–Kier alpha value is -1.14. The average Bonchev–Trinajstić information content (AvgIpc) is 2.37. The second-order valence-electron chi connectivity index (χ2n) is 4.42. The van der Waals surface area contributed by atoms with Gasteiger partial charge in [0, 0.05) is 32.8 Å². The fourth-order valence-corrected chi connectivity index (χ4v) is 1.89. The molecule has 18 heavy (non-hydrogen) atoms. The van der Waals surface area contributed by atoms with Crippen LogP contribution in [0.3, 0.4) is 0 Å². The van der Waals surface area contributed by atoms with E-state index in [9.17, 15) is 14.7 Å². The Bertz CT molecular complexity index is 286. The van der Waals surface area contributed by atoms with Crippen LogP contribution in [-0.2, 0) is 19.1 Å². The molecule has 1 amide bonds. The van der Waals surface area contributed by atoms with Crippen LogP contribution in [0.4, 0.5) is 0 Å². The highest BCUT2D eigenvalue weighted by molar-refractivity contribution is 5.79. The van der Waals surface area contributed by atoms with Crippen molar-refractivity contribution in [3.63, 3.8) is 0 Å². The normalized spacial score (nSPS) is 18.3. The quantitative estimate of drug-likeness (QED) is 0.647. The summed E-state index contributed by atoms with van der Waals surface area (Å²) in [7, 11) is 0. The first-order valence-electron chi connectivity index (χ1n) is 6.26. The number of carbonyl (C=O) groups is 2. The molecule has 0 radical (unpaired) electrons. The molecule has 104 valence electrons. The van der Waals surface area contributed by atoms with Crippen LogP contribution in [0.2, 0.25) is 0 Å². The van der Waals surface area contributed by atoms with Gasteiger partial charge >= 0.3 is 5.97 Å². The fourth-order valence-electron chi connectivity index (χ4n) is 1.89. The molecule has 0 bridgehead atoms. The summed E-state index contributed by atoms with van der Waals surface area (Å²) in [5, 5.41) is 12.0. The first-order chi connectivity index (χ1) is 8.60. The van der Waals surface area contributed by atoms with Gasteiger partial charge in [0.05, 0.1) is 12.0 Å². The lowest BCUT2D eigenvalue weighted by molar-refractivity contribution is -0.154. The first-order valence-corrected chi connectivity index (χ1v) is 6.26. The van der Waals surface area contributed by atoms with Crippen molar-refractivity contribution in [2.75, 3.05) is 33.0 Å². The minimum atomic E-state index is -0.875. The highest BCUT2D eigenvalue weighted by Gasteiger charge is 2.40. The zero-order valence-corrected chi connectivity index (χ0v) is 10.7. The van der Waals surface area contributed by atoms with Crippen molar-refractivity contribution in [2.24, 2.45) is 5.41 Å². The molecule has 6 nitrogen and oxygen atoms in total. The van der Waals surface area contributed by atoms with Gasteiger partial charge in [-0.15, -0.1) is 0 Å². The van der Waals surface area contributed by atoms with Gasteiger partial charge in [-0.3, -0.25) is 9.59 Å². The highest BCUT2D eigenvalue weighted by atomic mass is 16.5. The number of carbonyl (C=O) groups excluding carboxylic acids is 1. The standard InChI is InChI=1S/C12H21NO5/c1-2-17-6-3-10(14)13-9-12(11(15)16)4-7-18-8-5-12/h2-9H2,1H3,(H,13,14)(H,15,16). The summed E-state index contributed by atoms with van der Waals surface area (Å²) in [5.41, 5.74) is -0.875. The van der Waals surface area contributed by atoms with Crippen LogP contribution < -0.4 is 5.32 Å². The average molecular weight is 259 g/mol. The predicted octanol–water partition coefficient (Wildman–Crippen LogP) is 0.411. The molecule has 1 aliphatic heterocycles. The molecule has 1 rings (SSSR count). The Morgan fingerprint density at radius 3 is 2.61 bits per heavy atom. The van der Waals surface area contributed by atoms with Gasteiger partial charge in [-0.2, -0.15) is 0 Å². The molecule has 0 aromatic rings. The molecule has 0 saturated carbocycles. The number of ether oxygens (including phenoxy) is 2. The van der Waals surface area contributed by atoms with Gasteiger partial charge in [-0.05, 0) is 19.8 Å². The minimum Gasteiger partial charge on any atom is -0.481 e. The number of hydrogen-bond donors (Lipinski definition) is 2. The Balaban J connectivity index is 2.38. The molecule has 0 aromatic heterocycles. The van der Waals surface area contributed by atoms with Crippen molar-refractivity contribution >= 4 is 11.9 Å². The molecule has 0 spiro atoms. The Morgan fingerprint density at radius 1 is 1.39 bits per heavy atom. The molecule has 1 fully saturated rings. The van der Waals surface area contributed by atoms with E-state index < -0.39 is 11.4 Å². The second-order valence-corrected chi connectivity index (χ2v) is 4.42. The van der Waals surface area contributed by atoms with Gasteiger partial charge in [-0.25, -0.2) is 0 Å². The molecule has 1 saturated heterocycles. The molecule has 6 heteroatoms. The minimum absolute atomic E-state index is 0.163. The summed E-state index contributed by atoms with van der Waals surface area (Å²) in [4.78, 5) is 22.8. The summed E-state index contributed by atoms with van der Waals surface area (Å²) in [5.74, 6) is -1.04. The maximum Gasteiger partial charge on any atom is 0.311 e. The largest absolute Gasteiger partial charge is 0.481 e. The molecular weight excluding hydrogens is 238 g/mol. The van der Waals surface area contributed by atoms with E-state index in [1.165, 1.54) is 0 Å². The predicted molar refractivity (Wildman–Crippen MR) is 64.2 cm³/mol. The van der Waals surface area contributed by atoms with E-state index in [-0.39, 0.29) is 18.9 Å². The van der Waals surface area contributed by atoms with E-state index in [4.69, 9.17) is 9.47 Å². The number of hydrogen-bond acceptors (Lipinski definition) is 4. The van der Waals surface area contributed by atoms with E-state index in [1.54, 1.807) is 0 Å². The van der Waals surface area contributed by atoms with Gasteiger partial charge in [-0.1, -0.05) is 0 Å². The topological polar surface area (TPSA) is 84.9 Å². The zero-order valence-electron chi connectivity index (χ0n) is 10.7. The van der Waals surface area contributed by atoms with Gasteiger partial charge in [0.2, 0.25) is 5.91 Å². The number of aliphatic carboxylic acids is 1. The summed E-state index contributed by atoms with van der Waals surface area (Å²) in [6, 6.07) is 0. The third-order valence-electron chi connectivity index (χ3n) is 3.21. The van der Waals surface area contributed by atoms with Crippen LogP contribution in [0.1, 0.15) is 26.2 Å². The van der Waals surface area contributed by atoms with Crippen molar-refractivity contribution in [1.82, 2.24) is 5.32 Å². The van der Waals surface area contributed by atoms with E-state index in [0.717, 1.165) is 0 Å². The Morgan fingerprint density at radius 2 is 2.06 bits per heavy atom. The molecular formula is C12H21NO5. The summed E-state index contributed by atoms with van der Waals surface area (Å²) in [6.07, 6.45) is 1.14. The van der Waals surface area contributed by atoms with Gasteiger partial charge in [0.15, 0.2) is 0 Å². The summed E-state index contributed by atoms with van der Waals surface area (Å²) < 4.78 is 10.2. The van der Waals surface area contributed by atoms with Crippen LogP contribution >= 0.6 is 0 Å². The number of carboxylic acid groups (broad SMARTS) is 1. The van der Waals surface area contributed by atoms with E-state index in [0.29, 0.717) is 39.3 Å². The smallest absolute Gasteiger partial charge is 0.311 e. The maximum atomic E-state index is 11.5. The van der Waals surface area contributed by atoms with Crippen LogP contribution in [0.5, 0.6) is 0 Å². The summed E-state index contributed by atoms with van der Waals surface area (Å²) >= 11 is 0. The lowest BCUT2D eigenvalue weighted by Crippen LogP contribution is -2.46. The van der Waals surface area contributed by atoms with Gasteiger partial charge in [0.1, 0.15) is 0 Å². The van der Waals surface area contributed by atoms with Crippen molar-refractivity contribution < 1.29 is 24.2 Å². The monoisotopic (exact) mass is 259 g/mol. The van der Waals surface area contributed by atoms with Crippen molar-refractivity contribution in [2.45, 2.75) is 26.2 Å². The molecule has 2 N–H and O–H groups in total. The SMILES string of the molecule is CCOCCC(=O)NCC1(C(=O)O)CCOCC1. The summed E-state index contributed by atoms with van der Waals surface area (Å²) in [6.45, 7) is 3.83. The lowest BCUT2D eigenvalue weighted by Gasteiger charge is -2.33. The lowest BCUT2D eigenvalue weighted by atomic mass is 9.80. The Kier molecular flexibility index (Phi) is 6.07. The van der Waals surface area contributed by atoms with Gasteiger partial charge in [0.25, 0.3) is 0 Å². The molecule has 1 aliphatic rings. The van der Waals surface area contributed by atoms with E-state index in [1.807, 2.05) is 6.92 Å². The number of amides is 1. The third kappa shape index (κ3) is 4.27. The van der Waals surface area contributed by atoms with Crippen LogP contribution in [0, 0.1) is 5.41 Å². The highest BCUT2D eigenvalue weighted by Crippen LogP contribution is 2.30. The second kappa shape index (κ2) is 7.33. The maximum absolute atomic E-state index is 11.5. The Labute approximate surface area is 107 Å². The van der Waals surface area contributed by atoms with E-state index >= 15 is 0 Å².